The molecule has 0 radical (unpaired) electrons. The summed E-state index contributed by atoms with van der Waals surface area (Å²) in [7, 11) is 0. The van der Waals surface area contributed by atoms with Crippen molar-refractivity contribution in [3.63, 3.8) is 0 Å². The Hall–Kier alpha value is -7.43. The number of carbonyl (C=O) groups is 2. The lowest BCUT2D eigenvalue weighted by Crippen LogP contribution is -2.29. The normalized spacial score (nSPS) is 13.0. The van der Waals surface area contributed by atoms with Gasteiger partial charge in [0.1, 0.15) is 11.2 Å². The fraction of sp³-hybridized carbons (Fsp3) is 0. The van der Waals surface area contributed by atoms with Crippen molar-refractivity contribution in [2.24, 2.45) is 0 Å². The fourth-order valence-corrected chi connectivity index (χ4v) is 8.18. The summed E-state index contributed by atoms with van der Waals surface area (Å²) in [6, 6.07) is 49.9. The Balaban J connectivity index is 1.18. The standard InChI is InChI=1S/C45H24N4O3/c46-25-26-19-28(21-29(20-26)49-44(50)33-12-1-2-13-34(33)45(49)51)48-39-15-7-4-10-31(39)36-23-40-35(24-41(36)48)30-9-3-6-14-38(30)47(40)27-17-18-43-37(22-27)32-11-5-8-16-42(32)52-43/h1-24H. The molecule has 10 aromatic rings. The Morgan fingerprint density at radius 2 is 0.981 bits per heavy atom. The number of hydrogen-bond acceptors (Lipinski definition) is 4. The highest BCUT2D eigenvalue weighted by atomic mass is 16.3. The van der Waals surface area contributed by atoms with Gasteiger partial charge in [-0.2, -0.15) is 5.26 Å². The number of anilines is 1. The van der Waals surface area contributed by atoms with Gasteiger partial charge in [0.25, 0.3) is 11.8 Å². The van der Waals surface area contributed by atoms with E-state index >= 15 is 0 Å². The van der Waals surface area contributed by atoms with E-state index in [9.17, 15) is 14.9 Å². The topological polar surface area (TPSA) is 84.2 Å². The van der Waals surface area contributed by atoms with Crippen molar-refractivity contribution in [1.82, 2.24) is 9.13 Å². The van der Waals surface area contributed by atoms with Gasteiger partial charge in [-0.15, -0.1) is 0 Å². The van der Waals surface area contributed by atoms with Crippen molar-refractivity contribution in [2.45, 2.75) is 0 Å². The molecule has 0 saturated heterocycles. The molecule has 0 bridgehead atoms. The van der Waals surface area contributed by atoms with Gasteiger partial charge >= 0.3 is 0 Å². The number of imide groups is 1. The van der Waals surface area contributed by atoms with Crippen LogP contribution in [-0.4, -0.2) is 20.9 Å². The maximum atomic E-state index is 13.5. The maximum absolute atomic E-state index is 13.5. The molecule has 11 rings (SSSR count). The number of furan rings is 1. The zero-order valence-electron chi connectivity index (χ0n) is 27.4. The molecule has 0 fully saturated rings. The Labute approximate surface area is 295 Å². The van der Waals surface area contributed by atoms with Crippen LogP contribution in [0.5, 0.6) is 0 Å². The summed E-state index contributed by atoms with van der Waals surface area (Å²) in [6.45, 7) is 0. The van der Waals surface area contributed by atoms with Gasteiger partial charge in [0.2, 0.25) is 0 Å². The summed E-state index contributed by atoms with van der Waals surface area (Å²) in [6.07, 6.45) is 0. The molecule has 0 N–H and O–H groups in total. The zero-order chi connectivity index (χ0) is 34.7. The van der Waals surface area contributed by atoms with Crippen LogP contribution in [-0.2, 0) is 0 Å². The molecular weight excluding hydrogens is 645 g/mol. The van der Waals surface area contributed by atoms with Crippen LogP contribution in [0.1, 0.15) is 26.3 Å². The summed E-state index contributed by atoms with van der Waals surface area (Å²) in [5.74, 6) is -0.806. The lowest BCUT2D eigenvalue weighted by molar-refractivity contribution is 0.0926. The maximum Gasteiger partial charge on any atom is 0.266 e. The van der Waals surface area contributed by atoms with Crippen LogP contribution < -0.4 is 4.90 Å². The molecule has 3 aromatic heterocycles. The third-order valence-electron chi connectivity index (χ3n) is 10.4. The van der Waals surface area contributed by atoms with Gasteiger partial charge in [0.05, 0.1) is 50.5 Å². The molecule has 1 aliphatic rings. The first-order valence-corrected chi connectivity index (χ1v) is 17.0. The van der Waals surface area contributed by atoms with Gasteiger partial charge in [-0.3, -0.25) is 9.59 Å². The number of para-hydroxylation sites is 3. The molecule has 2 amide bonds. The molecule has 0 atom stereocenters. The number of fused-ring (bicyclic) bond motifs is 10. The first-order chi connectivity index (χ1) is 25.6. The number of rotatable bonds is 3. The fourth-order valence-electron chi connectivity index (χ4n) is 8.18. The number of hydrogen-bond donors (Lipinski definition) is 0. The average Bonchev–Trinajstić information content (AvgIpc) is 3.90. The van der Waals surface area contributed by atoms with Crippen LogP contribution in [0.2, 0.25) is 0 Å². The third-order valence-corrected chi connectivity index (χ3v) is 10.4. The predicted molar refractivity (Wildman–Crippen MR) is 205 cm³/mol. The minimum absolute atomic E-state index is 0.342. The summed E-state index contributed by atoms with van der Waals surface area (Å²) < 4.78 is 10.6. The van der Waals surface area contributed by atoms with Crippen LogP contribution >= 0.6 is 0 Å². The molecule has 0 spiro atoms. The third kappa shape index (κ3) is 3.78. The number of aromatic nitrogens is 2. The van der Waals surface area contributed by atoms with Crippen molar-refractivity contribution in [2.75, 3.05) is 4.90 Å². The molecule has 0 unspecified atom stereocenters. The minimum atomic E-state index is -0.403. The van der Waals surface area contributed by atoms with Gasteiger partial charge in [-0.25, -0.2) is 4.90 Å². The van der Waals surface area contributed by atoms with Crippen LogP contribution in [0, 0.1) is 11.3 Å². The molecule has 7 heteroatoms. The van der Waals surface area contributed by atoms with Crippen molar-refractivity contribution in [1.29, 1.82) is 5.26 Å². The number of benzene rings is 7. The van der Waals surface area contributed by atoms with E-state index in [0.29, 0.717) is 28.1 Å². The summed E-state index contributed by atoms with van der Waals surface area (Å²) in [5, 5.41) is 16.6. The van der Waals surface area contributed by atoms with E-state index in [-0.39, 0.29) is 0 Å². The summed E-state index contributed by atoms with van der Waals surface area (Å²) in [5.41, 5.74) is 8.83. The van der Waals surface area contributed by atoms with Gasteiger partial charge in [-0.1, -0.05) is 66.7 Å². The first-order valence-electron chi connectivity index (χ1n) is 17.0. The van der Waals surface area contributed by atoms with E-state index in [1.54, 1.807) is 30.3 Å². The lowest BCUT2D eigenvalue weighted by Gasteiger charge is -2.17. The van der Waals surface area contributed by atoms with E-state index in [1.165, 1.54) is 4.90 Å². The summed E-state index contributed by atoms with van der Waals surface area (Å²) in [4.78, 5) is 28.3. The molecule has 0 saturated carbocycles. The Kier molecular flexibility index (Phi) is 5.63. The monoisotopic (exact) mass is 668 g/mol. The second-order valence-corrected chi connectivity index (χ2v) is 13.2. The molecular formula is C45H24N4O3. The van der Waals surface area contributed by atoms with Crippen molar-refractivity contribution >= 4 is 83.1 Å². The molecule has 242 valence electrons. The van der Waals surface area contributed by atoms with Gasteiger partial charge < -0.3 is 13.6 Å². The smallest absolute Gasteiger partial charge is 0.266 e. The van der Waals surface area contributed by atoms with Crippen molar-refractivity contribution < 1.29 is 14.0 Å². The lowest BCUT2D eigenvalue weighted by atomic mass is 10.1. The molecule has 1 aliphatic heterocycles. The molecule has 52 heavy (non-hydrogen) atoms. The second kappa shape index (κ2) is 10.3. The highest BCUT2D eigenvalue weighted by Crippen LogP contribution is 2.41. The average molecular weight is 669 g/mol. The molecule has 7 nitrogen and oxygen atoms in total. The highest BCUT2D eigenvalue weighted by molar-refractivity contribution is 6.34. The van der Waals surface area contributed by atoms with Crippen LogP contribution in [0.3, 0.4) is 0 Å². The van der Waals surface area contributed by atoms with E-state index in [2.05, 4.69) is 81.9 Å². The van der Waals surface area contributed by atoms with Crippen LogP contribution in [0.4, 0.5) is 5.69 Å². The zero-order valence-corrected chi connectivity index (χ0v) is 27.4. The number of amides is 2. The Bertz CT molecular complexity index is 3230. The Morgan fingerprint density at radius 1 is 0.442 bits per heavy atom. The molecule has 4 heterocycles. The molecule has 7 aromatic carbocycles. The van der Waals surface area contributed by atoms with Gasteiger partial charge in [-0.05, 0) is 78.9 Å². The quantitative estimate of drug-likeness (QED) is 0.175. The van der Waals surface area contributed by atoms with Gasteiger partial charge in [0.15, 0.2) is 0 Å². The second-order valence-electron chi connectivity index (χ2n) is 13.2. The number of nitriles is 1. The first kappa shape index (κ1) is 28.4. The highest BCUT2D eigenvalue weighted by Gasteiger charge is 2.36. The van der Waals surface area contributed by atoms with Crippen molar-refractivity contribution in [3.8, 4) is 17.4 Å². The molecule has 0 aliphatic carbocycles. The van der Waals surface area contributed by atoms with E-state index in [0.717, 1.165) is 71.2 Å². The number of nitrogens with zero attached hydrogens (tertiary/aromatic N) is 4. The van der Waals surface area contributed by atoms with E-state index < -0.39 is 11.8 Å². The van der Waals surface area contributed by atoms with Crippen molar-refractivity contribution in [3.05, 3.63) is 162 Å². The van der Waals surface area contributed by atoms with E-state index in [4.69, 9.17) is 4.42 Å². The van der Waals surface area contributed by atoms with E-state index in [1.807, 2.05) is 48.5 Å². The van der Waals surface area contributed by atoms with Crippen LogP contribution in [0.25, 0.3) is 76.9 Å². The minimum Gasteiger partial charge on any atom is -0.456 e. The SMILES string of the molecule is N#Cc1cc(N2C(=O)c3ccccc3C2=O)cc(-n2c3ccccc3c3cc4c(cc32)c2ccccc2n4-c2ccc3oc4ccccc4c3c2)c1. The largest absolute Gasteiger partial charge is 0.456 e. The van der Waals surface area contributed by atoms with Crippen LogP contribution in [0.15, 0.2) is 150 Å². The number of carbonyl (C=O) groups excluding carboxylic acids is 2. The predicted octanol–water partition coefficient (Wildman–Crippen LogP) is 10.5. The van der Waals surface area contributed by atoms with Gasteiger partial charge in [0, 0.05) is 43.7 Å². The Morgan fingerprint density at radius 3 is 1.63 bits per heavy atom. The summed E-state index contributed by atoms with van der Waals surface area (Å²) >= 11 is 0.